The molecule has 0 saturated heterocycles. The van der Waals surface area contributed by atoms with E-state index in [9.17, 15) is 0 Å². The molecule has 0 radical (unpaired) electrons. The van der Waals surface area contributed by atoms with E-state index >= 15 is 0 Å². The molecule has 0 aromatic heterocycles. The van der Waals surface area contributed by atoms with Crippen LogP contribution in [0.2, 0.25) is 0 Å². The Kier molecular flexibility index (Phi) is 7.33. The number of aliphatic hydroxyl groups is 2. The van der Waals surface area contributed by atoms with Crippen LogP contribution in [0.5, 0.6) is 5.75 Å². The van der Waals surface area contributed by atoms with Gasteiger partial charge in [-0.1, -0.05) is 18.2 Å². The molecule has 0 aliphatic heterocycles. The maximum Gasteiger partial charge on any atom is 0.140 e. The van der Waals surface area contributed by atoms with Crippen LogP contribution >= 0.6 is 0 Å². The molecule has 0 spiro atoms. The largest absolute Gasteiger partial charge is 0.494 e. The van der Waals surface area contributed by atoms with Crippen molar-refractivity contribution in [1.82, 2.24) is 0 Å². The maximum atomic E-state index is 7.12. The minimum atomic E-state index is -0.750. The molecule has 0 atom stereocenters. The maximum absolute atomic E-state index is 7.12. The molecule has 0 heterocycles. The fourth-order valence-electron chi connectivity index (χ4n) is 0.683. The zero-order chi connectivity index (χ0) is 9.23. The van der Waals surface area contributed by atoms with Crippen molar-refractivity contribution >= 4 is 0 Å². The topological polar surface area (TPSA) is 49.7 Å². The number of hydrogen-bond acceptors (Lipinski definition) is 3. The van der Waals surface area contributed by atoms with E-state index in [0.29, 0.717) is 0 Å². The summed E-state index contributed by atoms with van der Waals surface area (Å²) < 4.78 is 5.21. The molecule has 0 aliphatic rings. The van der Waals surface area contributed by atoms with E-state index in [1.165, 1.54) is 0 Å². The number of para-hydroxylation sites is 1. The Morgan fingerprint density at radius 1 is 1.17 bits per heavy atom. The summed E-state index contributed by atoms with van der Waals surface area (Å²) >= 11 is 0. The van der Waals surface area contributed by atoms with Gasteiger partial charge in [0.1, 0.15) is 12.5 Å². The minimum Gasteiger partial charge on any atom is -0.494 e. The van der Waals surface area contributed by atoms with Crippen molar-refractivity contribution in [3.05, 3.63) is 30.3 Å². The third kappa shape index (κ3) is 5.70. The van der Waals surface area contributed by atoms with Gasteiger partial charge in [0.2, 0.25) is 0 Å². The number of aliphatic hydroxyl groups excluding tert-OH is 1. The van der Waals surface area contributed by atoms with Gasteiger partial charge in [-0.2, -0.15) is 0 Å². The Morgan fingerprint density at radius 3 is 2.08 bits per heavy atom. The second-order valence-electron chi connectivity index (χ2n) is 1.89. The molecule has 0 unspecified atom stereocenters. The third-order valence-electron chi connectivity index (χ3n) is 1.05. The Hall–Kier alpha value is -1.06. The first-order valence-corrected chi connectivity index (χ1v) is 3.74. The quantitative estimate of drug-likeness (QED) is 0.651. The van der Waals surface area contributed by atoms with Crippen LogP contribution < -0.4 is 4.74 Å². The van der Waals surface area contributed by atoms with Crippen LogP contribution in [0.25, 0.3) is 0 Å². The summed E-state index contributed by atoms with van der Waals surface area (Å²) in [6, 6.07) is 9.80. The first-order valence-electron chi connectivity index (χ1n) is 3.74. The highest BCUT2D eigenvalue weighted by Crippen LogP contribution is 2.06. The Balaban J connectivity index is 0.000000354. The highest BCUT2D eigenvalue weighted by Gasteiger charge is 1.83. The standard InChI is InChI=1S/C8H10O.CH4O2/c1-2-9-8-6-4-3-5-7-8;2-1-3/h3-7H,2H2,1H3;2-3H,1H2. The van der Waals surface area contributed by atoms with Crippen molar-refractivity contribution in [2.75, 3.05) is 13.4 Å². The van der Waals surface area contributed by atoms with Gasteiger partial charge >= 0.3 is 0 Å². The smallest absolute Gasteiger partial charge is 0.140 e. The van der Waals surface area contributed by atoms with Gasteiger partial charge in [0.15, 0.2) is 0 Å². The second-order valence-corrected chi connectivity index (χ2v) is 1.89. The highest BCUT2D eigenvalue weighted by molar-refractivity contribution is 5.20. The lowest BCUT2D eigenvalue weighted by molar-refractivity contribution is 0.0773. The molecular formula is C9H14O3. The molecule has 68 valence electrons. The second kappa shape index (κ2) is 8.04. The lowest BCUT2D eigenvalue weighted by atomic mass is 10.3. The monoisotopic (exact) mass is 170 g/mol. The lowest BCUT2D eigenvalue weighted by Crippen LogP contribution is -1.89. The highest BCUT2D eigenvalue weighted by atomic mass is 16.5. The molecule has 0 saturated carbocycles. The summed E-state index contributed by atoms with van der Waals surface area (Å²) in [7, 11) is 0. The van der Waals surface area contributed by atoms with Crippen LogP contribution in [-0.2, 0) is 0 Å². The van der Waals surface area contributed by atoms with Crippen molar-refractivity contribution < 1.29 is 14.9 Å². The zero-order valence-electron chi connectivity index (χ0n) is 7.10. The van der Waals surface area contributed by atoms with Gasteiger partial charge in [-0.05, 0) is 19.1 Å². The summed E-state index contributed by atoms with van der Waals surface area (Å²) in [5.74, 6) is 0.944. The predicted octanol–water partition coefficient (Wildman–Crippen LogP) is 1.01. The van der Waals surface area contributed by atoms with E-state index < -0.39 is 6.79 Å². The SMILES string of the molecule is CCOc1ccccc1.OCO. The molecule has 0 aliphatic carbocycles. The molecule has 2 N–H and O–H groups in total. The normalized spacial score (nSPS) is 8.25. The van der Waals surface area contributed by atoms with Crippen LogP contribution in [0.4, 0.5) is 0 Å². The van der Waals surface area contributed by atoms with E-state index in [1.54, 1.807) is 0 Å². The molecule has 1 aromatic rings. The Labute approximate surface area is 72.2 Å². The summed E-state index contributed by atoms with van der Waals surface area (Å²) in [6.45, 7) is 1.97. The van der Waals surface area contributed by atoms with Gasteiger partial charge in [0, 0.05) is 0 Å². The van der Waals surface area contributed by atoms with Crippen LogP contribution in [0.15, 0.2) is 30.3 Å². The van der Waals surface area contributed by atoms with Crippen LogP contribution in [-0.4, -0.2) is 23.6 Å². The van der Waals surface area contributed by atoms with Crippen LogP contribution in [0.3, 0.4) is 0 Å². The van der Waals surface area contributed by atoms with E-state index in [0.717, 1.165) is 12.4 Å². The summed E-state index contributed by atoms with van der Waals surface area (Å²) in [5, 5.41) is 14.2. The van der Waals surface area contributed by atoms with E-state index in [-0.39, 0.29) is 0 Å². The molecular weight excluding hydrogens is 156 g/mol. The molecule has 3 nitrogen and oxygen atoms in total. The van der Waals surface area contributed by atoms with Gasteiger partial charge in [0.05, 0.1) is 6.61 Å². The van der Waals surface area contributed by atoms with E-state index in [4.69, 9.17) is 14.9 Å². The molecule has 3 heteroatoms. The van der Waals surface area contributed by atoms with Crippen LogP contribution in [0.1, 0.15) is 6.92 Å². The fraction of sp³-hybridized carbons (Fsp3) is 0.333. The number of hydrogen-bond donors (Lipinski definition) is 2. The van der Waals surface area contributed by atoms with E-state index in [1.807, 2.05) is 37.3 Å². The Morgan fingerprint density at radius 2 is 1.67 bits per heavy atom. The first-order chi connectivity index (χ1) is 5.85. The van der Waals surface area contributed by atoms with E-state index in [2.05, 4.69) is 0 Å². The fourth-order valence-corrected chi connectivity index (χ4v) is 0.683. The predicted molar refractivity (Wildman–Crippen MR) is 46.9 cm³/mol. The van der Waals surface area contributed by atoms with Crippen molar-refractivity contribution in [2.24, 2.45) is 0 Å². The van der Waals surface area contributed by atoms with Crippen LogP contribution in [0, 0.1) is 0 Å². The van der Waals surface area contributed by atoms with Gasteiger partial charge < -0.3 is 14.9 Å². The average Bonchev–Trinajstić information content (AvgIpc) is 2.08. The van der Waals surface area contributed by atoms with Crippen molar-refractivity contribution in [1.29, 1.82) is 0 Å². The lowest BCUT2D eigenvalue weighted by Gasteiger charge is -1.99. The number of benzene rings is 1. The van der Waals surface area contributed by atoms with Crippen molar-refractivity contribution in [3.63, 3.8) is 0 Å². The third-order valence-corrected chi connectivity index (χ3v) is 1.05. The number of ether oxygens (including phenoxy) is 1. The molecule has 1 aromatic carbocycles. The molecule has 0 fully saturated rings. The summed E-state index contributed by atoms with van der Waals surface area (Å²) in [4.78, 5) is 0. The minimum absolute atomic E-state index is 0.740. The summed E-state index contributed by atoms with van der Waals surface area (Å²) in [5.41, 5.74) is 0. The molecule has 0 bridgehead atoms. The zero-order valence-corrected chi connectivity index (χ0v) is 7.10. The average molecular weight is 170 g/mol. The summed E-state index contributed by atoms with van der Waals surface area (Å²) in [6.07, 6.45) is 0. The molecule has 0 amide bonds. The first kappa shape index (κ1) is 10.9. The van der Waals surface area contributed by atoms with Gasteiger partial charge in [-0.3, -0.25) is 0 Å². The number of rotatable bonds is 2. The van der Waals surface area contributed by atoms with Gasteiger partial charge in [-0.25, -0.2) is 0 Å². The Bertz CT molecular complexity index is 174. The molecule has 1 rings (SSSR count). The van der Waals surface area contributed by atoms with Crippen molar-refractivity contribution in [2.45, 2.75) is 6.92 Å². The van der Waals surface area contributed by atoms with Gasteiger partial charge in [-0.15, -0.1) is 0 Å². The van der Waals surface area contributed by atoms with Gasteiger partial charge in [0.25, 0.3) is 0 Å². The molecule has 12 heavy (non-hydrogen) atoms. The van der Waals surface area contributed by atoms with Crippen molar-refractivity contribution in [3.8, 4) is 5.75 Å².